The maximum atomic E-state index is 14.5. The zero-order valence-corrected chi connectivity index (χ0v) is 21.2. The smallest absolute Gasteiger partial charge is 0.353 e. The van der Waals surface area contributed by atoms with Crippen molar-refractivity contribution in [1.29, 1.82) is 0 Å². The van der Waals surface area contributed by atoms with Crippen molar-refractivity contribution in [2.24, 2.45) is 0 Å². The van der Waals surface area contributed by atoms with E-state index < -0.39 is 37.3 Å². The average Bonchev–Trinajstić information content (AvgIpc) is 3.28. The molecule has 0 radical (unpaired) electrons. The Balaban J connectivity index is 1.54. The molecule has 3 aromatic carbocycles. The van der Waals surface area contributed by atoms with Crippen LogP contribution in [0.15, 0.2) is 54.6 Å². The molecule has 35 heavy (non-hydrogen) atoms. The highest BCUT2D eigenvalue weighted by Gasteiger charge is 2.25. The van der Waals surface area contributed by atoms with Crippen molar-refractivity contribution in [3.8, 4) is 11.5 Å². The Morgan fingerprint density at radius 1 is 0.943 bits per heavy atom. The minimum absolute atomic E-state index is 0.103. The topological polar surface area (TPSA) is 35.5 Å². The molecule has 1 atom stereocenters. The molecule has 0 spiro atoms. The lowest BCUT2D eigenvalue weighted by Gasteiger charge is -2.18. The van der Waals surface area contributed by atoms with E-state index in [0.717, 1.165) is 51.5 Å². The molecule has 4 rings (SSSR count). The Bertz CT molecular complexity index is 1340. The molecule has 0 amide bonds. The van der Waals surface area contributed by atoms with Crippen molar-refractivity contribution in [2.75, 3.05) is 6.16 Å². The predicted molar refractivity (Wildman–Crippen MR) is 135 cm³/mol. The van der Waals surface area contributed by atoms with E-state index in [1.54, 1.807) is 6.07 Å². The first-order valence-electron chi connectivity index (χ1n) is 11.1. The maximum absolute atomic E-state index is 14.5. The Labute approximate surface area is 207 Å². The second kappa shape index (κ2) is 10.8. The van der Waals surface area contributed by atoms with Crippen LogP contribution in [-0.4, -0.2) is 12.1 Å². The Hall–Kier alpha value is -2.89. The molecule has 0 bridgehead atoms. The van der Waals surface area contributed by atoms with Gasteiger partial charge in [-0.1, -0.05) is 31.2 Å². The van der Waals surface area contributed by atoms with Crippen molar-refractivity contribution < 1.29 is 27.2 Å². The molecule has 0 aliphatic heterocycles. The van der Waals surface area contributed by atoms with E-state index in [4.69, 9.17) is 9.26 Å². The number of esters is 1. The van der Waals surface area contributed by atoms with Gasteiger partial charge < -0.3 is 9.26 Å². The van der Waals surface area contributed by atoms with Crippen LogP contribution >= 0.6 is 19.5 Å². The fraction of sp³-hybridized carbons (Fsp3) is 0.222. The Morgan fingerprint density at radius 3 is 2.37 bits per heavy atom. The van der Waals surface area contributed by atoms with Gasteiger partial charge in [0.2, 0.25) is 11.6 Å². The number of para-hydroxylation sites is 1. The molecular weight excluding hydrogens is 492 g/mol. The van der Waals surface area contributed by atoms with Gasteiger partial charge in [0, 0.05) is 17.0 Å². The summed E-state index contributed by atoms with van der Waals surface area (Å²) in [5.74, 6) is -4.93. The third-order valence-corrected chi connectivity index (χ3v) is 8.83. The molecule has 1 aromatic heterocycles. The highest BCUT2D eigenvalue weighted by molar-refractivity contribution is 7.52. The quantitative estimate of drug-likeness (QED) is 0.102. The molecule has 0 N–H and O–H groups in total. The van der Waals surface area contributed by atoms with E-state index in [2.05, 4.69) is 6.92 Å². The Morgan fingerprint density at radius 2 is 1.66 bits per heavy atom. The second-order valence-corrected chi connectivity index (χ2v) is 11.2. The standard InChI is InChI=1S/C27H24F3O3PS/c1-4-12-34(33-20-8-6-5-7-9-20)15-18-10-11-21-19(13-18)14-22(35-21)27(31)32-26-24(29)17(3)16(2)23(28)25(26)30/h5-11,13-14H,4,12,15H2,1-3H3. The lowest BCUT2D eigenvalue weighted by molar-refractivity contribution is 0.0723. The fourth-order valence-corrected chi connectivity index (χ4v) is 6.38. The number of thiophene rings is 1. The van der Waals surface area contributed by atoms with E-state index in [1.807, 2.05) is 48.5 Å². The van der Waals surface area contributed by atoms with Crippen molar-refractivity contribution in [1.82, 2.24) is 0 Å². The summed E-state index contributed by atoms with van der Waals surface area (Å²) in [7, 11) is -0.731. The SMILES string of the molecule is CCCP(Cc1ccc2sc(C(=O)Oc3c(F)c(C)c(C)c(F)c3F)cc2c1)Oc1ccccc1. The van der Waals surface area contributed by atoms with Gasteiger partial charge in [-0.25, -0.2) is 13.6 Å². The van der Waals surface area contributed by atoms with E-state index in [1.165, 1.54) is 13.8 Å². The minimum atomic E-state index is -1.51. The average molecular weight is 517 g/mol. The zero-order chi connectivity index (χ0) is 25.1. The van der Waals surface area contributed by atoms with Crippen molar-refractivity contribution in [3.63, 3.8) is 0 Å². The Kier molecular flexibility index (Phi) is 7.78. The van der Waals surface area contributed by atoms with Gasteiger partial charge in [-0.2, -0.15) is 4.39 Å². The summed E-state index contributed by atoms with van der Waals surface area (Å²) >= 11 is 1.15. The van der Waals surface area contributed by atoms with Crippen LogP contribution in [0.25, 0.3) is 10.1 Å². The van der Waals surface area contributed by atoms with Gasteiger partial charge in [0.1, 0.15) is 10.6 Å². The van der Waals surface area contributed by atoms with Crippen LogP contribution in [0.4, 0.5) is 13.2 Å². The van der Waals surface area contributed by atoms with Crippen LogP contribution in [0.2, 0.25) is 0 Å². The van der Waals surface area contributed by atoms with Gasteiger partial charge >= 0.3 is 5.97 Å². The van der Waals surface area contributed by atoms with Gasteiger partial charge in [-0.05, 0) is 72.7 Å². The van der Waals surface area contributed by atoms with Crippen LogP contribution in [-0.2, 0) is 6.16 Å². The van der Waals surface area contributed by atoms with E-state index in [9.17, 15) is 18.0 Å². The van der Waals surface area contributed by atoms with Crippen LogP contribution in [0, 0.1) is 31.3 Å². The van der Waals surface area contributed by atoms with Crippen LogP contribution < -0.4 is 9.26 Å². The fourth-order valence-electron chi connectivity index (χ4n) is 3.62. The number of carbonyl (C=O) groups excluding carboxylic acids is 1. The molecule has 0 saturated carbocycles. The monoisotopic (exact) mass is 516 g/mol. The van der Waals surface area contributed by atoms with Gasteiger partial charge in [-0.3, -0.25) is 0 Å². The number of halogens is 3. The molecule has 0 aliphatic rings. The number of hydrogen-bond acceptors (Lipinski definition) is 4. The van der Waals surface area contributed by atoms with Crippen LogP contribution in [0.1, 0.15) is 39.7 Å². The summed E-state index contributed by atoms with van der Waals surface area (Å²) in [5.41, 5.74) is 0.807. The largest absolute Gasteiger partial charge is 0.474 e. The van der Waals surface area contributed by atoms with Crippen LogP contribution in [0.5, 0.6) is 11.5 Å². The first kappa shape index (κ1) is 25.2. The maximum Gasteiger partial charge on any atom is 0.353 e. The van der Waals surface area contributed by atoms with Gasteiger partial charge in [-0.15, -0.1) is 11.3 Å². The van der Waals surface area contributed by atoms with Gasteiger partial charge in [0.05, 0.1) is 8.15 Å². The number of benzene rings is 3. The second-order valence-electron chi connectivity index (χ2n) is 8.16. The van der Waals surface area contributed by atoms with Crippen molar-refractivity contribution in [2.45, 2.75) is 33.4 Å². The highest BCUT2D eigenvalue weighted by Crippen LogP contribution is 2.43. The molecule has 8 heteroatoms. The predicted octanol–water partition coefficient (Wildman–Crippen LogP) is 8.54. The number of ether oxygens (including phenoxy) is 1. The number of fused-ring (bicyclic) bond motifs is 1. The lowest BCUT2D eigenvalue weighted by Crippen LogP contribution is -2.12. The van der Waals surface area contributed by atoms with Crippen molar-refractivity contribution >= 4 is 35.5 Å². The molecule has 0 fully saturated rings. The minimum Gasteiger partial charge on any atom is -0.474 e. The zero-order valence-electron chi connectivity index (χ0n) is 19.5. The molecular formula is C27H24F3O3PS. The summed E-state index contributed by atoms with van der Waals surface area (Å²) in [6.45, 7) is 4.69. The molecule has 3 nitrogen and oxygen atoms in total. The third kappa shape index (κ3) is 5.52. The summed E-state index contributed by atoms with van der Waals surface area (Å²) in [6.07, 6.45) is 2.70. The number of rotatable bonds is 8. The summed E-state index contributed by atoms with van der Waals surface area (Å²) < 4.78 is 54.8. The summed E-state index contributed by atoms with van der Waals surface area (Å²) in [6, 6.07) is 17.2. The molecule has 0 aliphatic carbocycles. The van der Waals surface area contributed by atoms with Crippen molar-refractivity contribution in [3.05, 3.63) is 93.6 Å². The summed E-state index contributed by atoms with van der Waals surface area (Å²) in [4.78, 5) is 12.8. The van der Waals surface area contributed by atoms with Gasteiger partial charge in [0.15, 0.2) is 11.6 Å². The van der Waals surface area contributed by atoms with E-state index in [-0.39, 0.29) is 16.0 Å². The first-order valence-corrected chi connectivity index (χ1v) is 13.6. The number of hydrogen-bond donors (Lipinski definition) is 0. The molecule has 0 saturated heterocycles. The molecule has 1 unspecified atom stereocenters. The lowest BCUT2D eigenvalue weighted by atomic mass is 10.1. The number of carbonyl (C=O) groups is 1. The molecule has 1 heterocycles. The van der Waals surface area contributed by atoms with E-state index >= 15 is 0 Å². The van der Waals surface area contributed by atoms with Crippen LogP contribution in [0.3, 0.4) is 0 Å². The third-order valence-electron chi connectivity index (χ3n) is 5.60. The van der Waals surface area contributed by atoms with Gasteiger partial charge in [0.25, 0.3) is 0 Å². The van der Waals surface area contributed by atoms with E-state index in [0.29, 0.717) is 0 Å². The normalized spacial score (nSPS) is 12.1. The molecule has 4 aromatic rings. The summed E-state index contributed by atoms with van der Waals surface area (Å²) in [5, 5.41) is 0.817. The molecule has 182 valence electrons. The first-order chi connectivity index (χ1) is 16.8. The highest BCUT2D eigenvalue weighted by atomic mass is 32.1.